The van der Waals surface area contributed by atoms with Gasteiger partial charge in [0.25, 0.3) is 11.8 Å². The van der Waals surface area contributed by atoms with Crippen LogP contribution in [0.2, 0.25) is 0 Å². The summed E-state index contributed by atoms with van der Waals surface area (Å²) in [6.07, 6.45) is 1.61. The summed E-state index contributed by atoms with van der Waals surface area (Å²) in [5, 5.41) is 7.94. The molecule has 0 N–H and O–H groups in total. The Bertz CT molecular complexity index is 943. The van der Waals surface area contributed by atoms with Gasteiger partial charge in [-0.2, -0.15) is 0 Å². The molecule has 0 radical (unpaired) electrons. The predicted octanol–water partition coefficient (Wildman–Crippen LogP) is 1.10. The summed E-state index contributed by atoms with van der Waals surface area (Å²) in [6, 6.07) is 11.3. The minimum Gasteiger partial charge on any atom is -0.322 e. The van der Waals surface area contributed by atoms with Crippen LogP contribution in [0.3, 0.4) is 0 Å². The normalized spacial score (nSPS) is 13.5. The Morgan fingerprint density at radius 1 is 0.957 bits per heavy atom. The fraction of sp³-hybridized carbons (Fsp3) is 0. The molecular formula is C15H8N4O4. The van der Waals surface area contributed by atoms with Crippen LogP contribution in [0.15, 0.2) is 48.7 Å². The number of aromatic nitrogens is 3. The summed E-state index contributed by atoms with van der Waals surface area (Å²) in [7, 11) is 0. The van der Waals surface area contributed by atoms with Crippen LogP contribution in [0, 0.1) is 0 Å². The van der Waals surface area contributed by atoms with Gasteiger partial charge in [0.05, 0.1) is 11.1 Å². The molecule has 3 heterocycles. The van der Waals surface area contributed by atoms with E-state index in [-0.39, 0.29) is 16.8 Å². The van der Waals surface area contributed by atoms with Gasteiger partial charge in [0.1, 0.15) is 5.52 Å². The van der Waals surface area contributed by atoms with Crippen molar-refractivity contribution in [3.8, 4) is 0 Å². The largest absolute Gasteiger partial charge is 0.386 e. The van der Waals surface area contributed by atoms with Crippen LogP contribution in [-0.4, -0.2) is 37.7 Å². The van der Waals surface area contributed by atoms with Gasteiger partial charge in [-0.1, -0.05) is 28.5 Å². The van der Waals surface area contributed by atoms with Crippen molar-refractivity contribution in [3.05, 3.63) is 65.5 Å². The zero-order valence-electron chi connectivity index (χ0n) is 11.5. The number of amides is 2. The molecule has 0 aliphatic carbocycles. The van der Waals surface area contributed by atoms with Crippen LogP contribution in [-0.2, 0) is 4.84 Å². The molecule has 8 heteroatoms. The molecule has 0 saturated heterocycles. The highest BCUT2D eigenvalue weighted by Gasteiger charge is 2.39. The number of pyridine rings is 1. The average molecular weight is 308 g/mol. The van der Waals surface area contributed by atoms with E-state index in [0.717, 1.165) is 0 Å². The monoisotopic (exact) mass is 308 g/mol. The predicted molar refractivity (Wildman–Crippen MR) is 75.3 cm³/mol. The van der Waals surface area contributed by atoms with Gasteiger partial charge in [0, 0.05) is 6.20 Å². The highest BCUT2D eigenvalue weighted by atomic mass is 16.7. The van der Waals surface area contributed by atoms with Crippen molar-refractivity contribution >= 4 is 23.3 Å². The number of carbonyl (C=O) groups excluding carboxylic acids is 3. The van der Waals surface area contributed by atoms with Gasteiger partial charge in [-0.3, -0.25) is 9.59 Å². The number of imide groups is 1. The third kappa shape index (κ3) is 1.89. The molecule has 4 rings (SSSR count). The molecular weight excluding hydrogens is 300 g/mol. The molecule has 0 unspecified atom stereocenters. The fourth-order valence-electron chi connectivity index (χ4n) is 2.37. The zero-order valence-corrected chi connectivity index (χ0v) is 11.5. The van der Waals surface area contributed by atoms with E-state index >= 15 is 0 Å². The number of hydroxylamine groups is 2. The molecule has 2 aromatic heterocycles. The molecule has 0 fully saturated rings. The van der Waals surface area contributed by atoms with Gasteiger partial charge in [-0.25, -0.2) is 9.31 Å². The fourth-order valence-corrected chi connectivity index (χ4v) is 2.37. The minimum absolute atomic E-state index is 0.0813. The van der Waals surface area contributed by atoms with Crippen molar-refractivity contribution in [2.24, 2.45) is 0 Å². The first-order valence-electron chi connectivity index (χ1n) is 6.67. The summed E-state index contributed by atoms with van der Waals surface area (Å²) in [6.45, 7) is 0. The molecule has 0 saturated carbocycles. The first kappa shape index (κ1) is 13.1. The zero-order chi connectivity index (χ0) is 16.0. The van der Waals surface area contributed by atoms with Crippen molar-refractivity contribution in [1.82, 2.24) is 19.9 Å². The molecule has 112 valence electrons. The molecule has 2 amide bonds. The summed E-state index contributed by atoms with van der Waals surface area (Å²) in [5.41, 5.74) is 0.715. The van der Waals surface area contributed by atoms with Crippen LogP contribution in [0.1, 0.15) is 31.2 Å². The van der Waals surface area contributed by atoms with Crippen molar-refractivity contribution < 1.29 is 19.2 Å². The maximum absolute atomic E-state index is 12.2. The van der Waals surface area contributed by atoms with E-state index in [0.29, 0.717) is 10.6 Å². The molecule has 1 aliphatic heterocycles. The lowest BCUT2D eigenvalue weighted by Crippen LogP contribution is -2.32. The Labute approximate surface area is 128 Å². The first-order chi connectivity index (χ1) is 11.2. The third-order valence-electron chi connectivity index (χ3n) is 3.45. The van der Waals surface area contributed by atoms with Crippen LogP contribution in [0.25, 0.3) is 5.52 Å². The van der Waals surface area contributed by atoms with Crippen LogP contribution in [0.4, 0.5) is 0 Å². The van der Waals surface area contributed by atoms with Gasteiger partial charge in [0.2, 0.25) is 5.69 Å². The average Bonchev–Trinajstić information content (AvgIpc) is 3.11. The topological polar surface area (TPSA) is 93.9 Å². The van der Waals surface area contributed by atoms with Crippen molar-refractivity contribution in [1.29, 1.82) is 0 Å². The lowest BCUT2D eigenvalue weighted by Gasteiger charge is -2.11. The maximum Gasteiger partial charge on any atom is 0.386 e. The quantitative estimate of drug-likeness (QED) is 0.658. The Kier molecular flexibility index (Phi) is 2.70. The lowest BCUT2D eigenvalue weighted by atomic mass is 10.1. The summed E-state index contributed by atoms with van der Waals surface area (Å²) < 4.78 is 1.39. The standard InChI is InChI=1S/C15H8N4O4/c20-13-9-5-1-2-6-10(9)14(21)19(13)23-15(22)12-11-7-3-4-8-18(11)17-16-12/h1-8H. The van der Waals surface area contributed by atoms with E-state index in [4.69, 9.17) is 4.84 Å². The highest BCUT2D eigenvalue weighted by Crippen LogP contribution is 2.23. The molecule has 0 atom stereocenters. The molecule has 1 aromatic carbocycles. The van der Waals surface area contributed by atoms with Crippen LogP contribution >= 0.6 is 0 Å². The SMILES string of the molecule is O=C(ON1C(=O)c2ccccc2C1=O)c1nnn2ccccc12. The molecule has 8 nitrogen and oxygen atoms in total. The molecule has 1 aliphatic rings. The number of hydrogen-bond acceptors (Lipinski definition) is 6. The van der Waals surface area contributed by atoms with Gasteiger partial charge >= 0.3 is 5.97 Å². The van der Waals surface area contributed by atoms with Crippen LogP contribution < -0.4 is 0 Å². The minimum atomic E-state index is -0.930. The molecule has 0 spiro atoms. The Balaban J connectivity index is 1.65. The number of fused-ring (bicyclic) bond motifs is 2. The highest BCUT2D eigenvalue weighted by molar-refractivity contribution is 6.21. The van der Waals surface area contributed by atoms with Gasteiger partial charge in [0.15, 0.2) is 0 Å². The van der Waals surface area contributed by atoms with E-state index in [1.807, 2.05) is 0 Å². The first-order valence-corrected chi connectivity index (χ1v) is 6.67. The van der Waals surface area contributed by atoms with E-state index in [9.17, 15) is 14.4 Å². The second-order valence-electron chi connectivity index (χ2n) is 4.80. The lowest BCUT2D eigenvalue weighted by molar-refractivity contribution is -0.0587. The van der Waals surface area contributed by atoms with Gasteiger partial charge < -0.3 is 4.84 Å². The second-order valence-corrected chi connectivity index (χ2v) is 4.80. The smallest absolute Gasteiger partial charge is 0.322 e. The number of carbonyl (C=O) groups is 3. The Hall–Kier alpha value is -3.55. The third-order valence-corrected chi connectivity index (χ3v) is 3.45. The van der Waals surface area contributed by atoms with E-state index < -0.39 is 17.8 Å². The van der Waals surface area contributed by atoms with Crippen molar-refractivity contribution in [2.45, 2.75) is 0 Å². The van der Waals surface area contributed by atoms with E-state index in [2.05, 4.69) is 10.3 Å². The van der Waals surface area contributed by atoms with Crippen LogP contribution in [0.5, 0.6) is 0 Å². The number of benzene rings is 1. The molecule has 0 bridgehead atoms. The van der Waals surface area contributed by atoms with Crippen molar-refractivity contribution in [3.63, 3.8) is 0 Å². The maximum atomic E-state index is 12.2. The summed E-state index contributed by atoms with van der Waals surface area (Å²) >= 11 is 0. The van der Waals surface area contributed by atoms with Gasteiger partial charge in [-0.15, -0.1) is 5.10 Å². The summed E-state index contributed by atoms with van der Waals surface area (Å²) in [5.74, 6) is -2.30. The number of hydrogen-bond donors (Lipinski definition) is 0. The number of rotatable bonds is 2. The van der Waals surface area contributed by atoms with Gasteiger partial charge in [-0.05, 0) is 24.3 Å². The summed E-state index contributed by atoms with van der Waals surface area (Å²) in [4.78, 5) is 41.5. The number of nitrogens with zero attached hydrogens (tertiary/aromatic N) is 4. The second kappa shape index (κ2) is 4.73. The Morgan fingerprint density at radius 2 is 1.61 bits per heavy atom. The van der Waals surface area contributed by atoms with E-state index in [1.54, 1.807) is 36.5 Å². The molecule has 3 aromatic rings. The van der Waals surface area contributed by atoms with Crippen molar-refractivity contribution in [2.75, 3.05) is 0 Å². The molecule has 23 heavy (non-hydrogen) atoms. The Morgan fingerprint density at radius 3 is 2.30 bits per heavy atom. The van der Waals surface area contributed by atoms with E-state index in [1.165, 1.54) is 16.6 Å².